The van der Waals surface area contributed by atoms with E-state index in [0.717, 1.165) is 22.4 Å². The topological polar surface area (TPSA) is 71.5 Å². The maximum atomic E-state index is 13.4. The molecule has 2 amide bonds. The van der Waals surface area contributed by atoms with Crippen LogP contribution in [0.15, 0.2) is 79.1 Å². The molecule has 32 heavy (non-hydrogen) atoms. The van der Waals surface area contributed by atoms with Gasteiger partial charge in [-0.2, -0.15) is 0 Å². The minimum Gasteiger partial charge on any atom is -0.497 e. The summed E-state index contributed by atoms with van der Waals surface area (Å²) in [5.41, 5.74) is 2.63. The number of hydrogen-bond donors (Lipinski definition) is 1. The maximum Gasteiger partial charge on any atom is 0.247 e. The second-order valence-electron chi connectivity index (χ2n) is 7.86. The molecule has 0 saturated carbocycles. The number of pyridine rings is 1. The molecule has 1 aromatic heterocycles. The molecule has 0 radical (unpaired) electrons. The highest BCUT2D eigenvalue weighted by atomic mass is 16.5. The van der Waals surface area contributed by atoms with Gasteiger partial charge in [0.05, 0.1) is 7.11 Å². The van der Waals surface area contributed by atoms with E-state index in [1.165, 1.54) is 0 Å². The first-order valence-corrected chi connectivity index (χ1v) is 10.6. The molecule has 0 unspecified atom stereocenters. The number of rotatable bonds is 9. The molecule has 0 fully saturated rings. The van der Waals surface area contributed by atoms with Gasteiger partial charge in [-0.25, -0.2) is 0 Å². The van der Waals surface area contributed by atoms with E-state index >= 15 is 0 Å². The number of methoxy groups -OCH3 is 1. The van der Waals surface area contributed by atoms with Crippen LogP contribution in [0.3, 0.4) is 0 Å². The monoisotopic (exact) mass is 431 g/mol. The summed E-state index contributed by atoms with van der Waals surface area (Å²) in [6, 6.07) is 19.9. The van der Waals surface area contributed by atoms with Crippen LogP contribution in [-0.4, -0.2) is 28.8 Å². The maximum absolute atomic E-state index is 13.4. The van der Waals surface area contributed by atoms with E-state index in [4.69, 9.17) is 4.74 Å². The van der Waals surface area contributed by atoms with Crippen LogP contribution in [-0.2, 0) is 22.7 Å². The molecule has 0 bridgehead atoms. The Morgan fingerprint density at radius 3 is 2.19 bits per heavy atom. The van der Waals surface area contributed by atoms with Crippen molar-refractivity contribution in [2.75, 3.05) is 7.11 Å². The summed E-state index contributed by atoms with van der Waals surface area (Å²) in [7, 11) is 1.61. The van der Waals surface area contributed by atoms with Crippen molar-refractivity contribution in [2.24, 2.45) is 5.92 Å². The molecule has 0 saturated heterocycles. The average molecular weight is 432 g/mol. The van der Waals surface area contributed by atoms with Crippen molar-refractivity contribution in [3.05, 3.63) is 95.8 Å². The number of amides is 2. The van der Waals surface area contributed by atoms with Gasteiger partial charge in [0.15, 0.2) is 0 Å². The molecule has 3 rings (SSSR count). The standard InChI is InChI=1S/C26H29N3O3/c1-19(2)26(31)29(18-21-9-11-23(32-3)12-10-21)24(22-7-5-4-6-8-22)25(30)28-17-20-13-15-27-16-14-20/h4-16,19,24H,17-18H2,1-3H3,(H,28,30)/t24-/m1/s1. The Morgan fingerprint density at radius 1 is 0.938 bits per heavy atom. The number of nitrogens with zero attached hydrogens (tertiary/aromatic N) is 2. The average Bonchev–Trinajstić information content (AvgIpc) is 2.83. The first kappa shape index (κ1) is 23.0. The molecule has 1 heterocycles. The van der Waals surface area contributed by atoms with E-state index in [1.807, 2.05) is 80.6 Å². The fourth-order valence-electron chi connectivity index (χ4n) is 3.45. The quantitative estimate of drug-likeness (QED) is 0.553. The second kappa shape index (κ2) is 11.1. The highest BCUT2D eigenvalue weighted by Gasteiger charge is 2.32. The predicted molar refractivity (Wildman–Crippen MR) is 124 cm³/mol. The summed E-state index contributed by atoms with van der Waals surface area (Å²) in [5, 5.41) is 3.00. The second-order valence-corrected chi connectivity index (χ2v) is 7.86. The predicted octanol–water partition coefficient (Wildman–Crippen LogP) is 4.13. The van der Waals surface area contributed by atoms with E-state index in [2.05, 4.69) is 10.3 Å². The molecule has 0 spiro atoms. The summed E-state index contributed by atoms with van der Waals surface area (Å²) in [4.78, 5) is 32.4. The Kier molecular flexibility index (Phi) is 7.97. The summed E-state index contributed by atoms with van der Waals surface area (Å²) < 4.78 is 5.24. The third-order valence-electron chi connectivity index (χ3n) is 5.18. The van der Waals surface area contributed by atoms with Gasteiger partial charge in [0.2, 0.25) is 11.8 Å². The van der Waals surface area contributed by atoms with Crippen LogP contribution in [0, 0.1) is 5.92 Å². The van der Waals surface area contributed by atoms with Crippen molar-refractivity contribution in [3.63, 3.8) is 0 Å². The molecule has 1 N–H and O–H groups in total. The third kappa shape index (κ3) is 5.94. The summed E-state index contributed by atoms with van der Waals surface area (Å²) >= 11 is 0. The Bertz CT molecular complexity index is 1010. The zero-order chi connectivity index (χ0) is 22.9. The molecule has 6 nitrogen and oxygen atoms in total. The first-order valence-electron chi connectivity index (χ1n) is 10.6. The van der Waals surface area contributed by atoms with E-state index in [0.29, 0.717) is 13.1 Å². The van der Waals surface area contributed by atoms with Crippen LogP contribution >= 0.6 is 0 Å². The van der Waals surface area contributed by atoms with Gasteiger partial charge in [0.1, 0.15) is 11.8 Å². The van der Waals surface area contributed by atoms with Crippen LogP contribution in [0.25, 0.3) is 0 Å². The molecule has 166 valence electrons. The Hall–Kier alpha value is -3.67. The molecule has 0 aliphatic rings. The van der Waals surface area contributed by atoms with Gasteiger partial charge in [-0.05, 0) is 41.0 Å². The Balaban J connectivity index is 1.92. The van der Waals surface area contributed by atoms with Crippen molar-refractivity contribution < 1.29 is 14.3 Å². The van der Waals surface area contributed by atoms with Gasteiger partial charge < -0.3 is 15.0 Å². The van der Waals surface area contributed by atoms with Crippen LogP contribution in [0.2, 0.25) is 0 Å². The molecule has 2 aromatic carbocycles. The zero-order valence-corrected chi connectivity index (χ0v) is 18.7. The molecule has 0 aliphatic heterocycles. The smallest absolute Gasteiger partial charge is 0.247 e. The Morgan fingerprint density at radius 2 is 1.59 bits per heavy atom. The van der Waals surface area contributed by atoms with Gasteiger partial charge in [-0.15, -0.1) is 0 Å². The molecular weight excluding hydrogens is 402 g/mol. The van der Waals surface area contributed by atoms with Gasteiger partial charge in [0, 0.05) is 31.4 Å². The summed E-state index contributed by atoms with van der Waals surface area (Å²) in [5.74, 6) is 0.168. The van der Waals surface area contributed by atoms with E-state index in [9.17, 15) is 9.59 Å². The molecule has 6 heteroatoms. The summed E-state index contributed by atoms with van der Waals surface area (Å²) in [6.07, 6.45) is 3.38. The minimum absolute atomic E-state index is 0.0891. The largest absolute Gasteiger partial charge is 0.497 e. The lowest BCUT2D eigenvalue weighted by atomic mass is 10.0. The Labute approximate surface area is 189 Å². The van der Waals surface area contributed by atoms with Crippen molar-refractivity contribution in [1.82, 2.24) is 15.2 Å². The zero-order valence-electron chi connectivity index (χ0n) is 18.7. The fourth-order valence-corrected chi connectivity index (χ4v) is 3.45. The normalized spacial score (nSPS) is 11.6. The highest BCUT2D eigenvalue weighted by molar-refractivity contribution is 5.89. The van der Waals surface area contributed by atoms with Gasteiger partial charge in [-0.3, -0.25) is 14.6 Å². The van der Waals surface area contributed by atoms with Gasteiger partial charge in [-0.1, -0.05) is 56.3 Å². The van der Waals surface area contributed by atoms with Crippen molar-refractivity contribution in [2.45, 2.75) is 33.0 Å². The fraction of sp³-hybridized carbons (Fsp3) is 0.269. The number of aromatic nitrogens is 1. The molecule has 3 aromatic rings. The van der Waals surface area contributed by atoms with Crippen LogP contribution < -0.4 is 10.1 Å². The van der Waals surface area contributed by atoms with Gasteiger partial charge in [0.25, 0.3) is 0 Å². The lowest BCUT2D eigenvalue weighted by Gasteiger charge is -2.33. The van der Waals surface area contributed by atoms with Crippen molar-refractivity contribution >= 4 is 11.8 Å². The molecular formula is C26H29N3O3. The third-order valence-corrected chi connectivity index (χ3v) is 5.18. The highest BCUT2D eigenvalue weighted by Crippen LogP contribution is 2.26. The number of ether oxygens (including phenoxy) is 1. The minimum atomic E-state index is -0.755. The number of carbonyl (C=O) groups is 2. The van der Waals surface area contributed by atoms with Crippen molar-refractivity contribution in [3.8, 4) is 5.75 Å². The SMILES string of the molecule is COc1ccc(CN(C(=O)C(C)C)[C@@H](C(=O)NCc2ccncc2)c2ccccc2)cc1. The van der Waals surface area contributed by atoms with Crippen LogP contribution in [0.5, 0.6) is 5.75 Å². The number of nitrogens with one attached hydrogen (secondary N) is 1. The number of benzene rings is 2. The van der Waals surface area contributed by atoms with E-state index in [1.54, 1.807) is 24.4 Å². The molecule has 0 aliphatic carbocycles. The number of hydrogen-bond acceptors (Lipinski definition) is 4. The first-order chi connectivity index (χ1) is 15.5. The lowest BCUT2D eigenvalue weighted by molar-refractivity contribution is -0.144. The number of carbonyl (C=O) groups excluding carboxylic acids is 2. The van der Waals surface area contributed by atoms with E-state index in [-0.39, 0.29) is 17.7 Å². The van der Waals surface area contributed by atoms with Crippen LogP contribution in [0.4, 0.5) is 0 Å². The van der Waals surface area contributed by atoms with Crippen molar-refractivity contribution in [1.29, 1.82) is 0 Å². The van der Waals surface area contributed by atoms with Gasteiger partial charge >= 0.3 is 0 Å². The lowest BCUT2D eigenvalue weighted by Crippen LogP contribution is -2.44. The van der Waals surface area contributed by atoms with Crippen LogP contribution in [0.1, 0.15) is 36.6 Å². The molecule has 1 atom stereocenters. The van der Waals surface area contributed by atoms with E-state index < -0.39 is 6.04 Å². The summed E-state index contributed by atoms with van der Waals surface area (Å²) in [6.45, 7) is 4.36.